The summed E-state index contributed by atoms with van der Waals surface area (Å²) in [4.78, 5) is 18.1. The molecular weight excluding hydrogens is 280 g/mol. The normalized spacial score (nSPS) is 18.6. The predicted octanol–water partition coefficient (Wildman–Crippen LogP) is 2.67. The molecule has 1 unspecified atom stereocenters. The van der Waals surface area contributed by atoms with Crippen LogP contribution in [-0.4, -0.2) is 40.4 Å². The third kappa shape index (κ3) is 2.64. The molecule has 5 nitrogen and oxygen atoms in total. The molecule has 5 heteroatoms. The maximum Gasteiger partial charge on any atom is 0.336 e. The predicted molar refractivity (Wildman–Crippen MR) is 85.4 cm³/mol. The third-order valence-electron chi connectivity index (χ3n) is 4.38. The summed E-state index contributed by atoms with van der Waals surface area (Å²) >= 11 is 0. The summed E-state index contributed by atoms with van der Waals surface area (Å²) in [5.41, 5.74) is 0.303. The maximum absolute atomic E-state index is 11.4. The van der Waals surface area contributed by atoms with E-state index in [1.807, 2.05) is 6.07 Å². The fourth-order valence-corrected chi connectivity index (χ4v) is 3.34. The van der Waals surface area contributed by atoms with Crippen LogP contribution in [0.5, 0.6) is 0 Å². The molecule has 1 aliphatic rings. The number of benzene rings is 1. The fourth-order valence-electron chi connectivity index (χ4n) is 3.34. The minimum atomic E-state index is -0.923. The Bertz CT molecular complexity index is 685. The van der Waals surface area contributed by atoms with Crippen LogP contribution in [0.2, 0.25) is 0 Å². The molecule has 2 aromatic rings. The van der Waals surface area contributed by atoms with Crippen LogP contribution in [0, 0.1) is 0 Å². The molecule has 1 aromatic heterocycles. The average Bonchev–Trinajstić information content (AvgIpc) is 2.54. The van der Waals surface area contributed by atoms with Gasteiger partial charge in [-0.05, 0) is 37.8 Å². The summed E-state index contributed by atoms with van der Waals surface area (Å²) in [6.07, 6.45) is 5.69. The number of nitrogens with zero attached hydrogens (tertiary/aromatic N) is 2. The second kappa shape index (κ2) is 6.32. The van der Waals surface area contributed by atoms with Crippen molar-refractivity contribution < 1.29 is 15.0 Å². The number of piperidine rings is 1. The van der Waals surface area contributed by atoms with Gasteiger partial charge >= 0.3 is 5.97 Å². The van der Waals surface area contributed by atoms with E-state index in [4.69, 9.17) is 0 Å². The van der Waals surface area contributed by atoms with Gasteiger partial charge in [-0.2, -0.15) is 0 Å². The van der Waals surface area contributed by atoms with Crippen molar-refractivity contribution in [1.29, 1.82) is 0 Å². The molecular formula is C17H20N2O3. The minimum Gasteiger partial charge on any atom is -0.478 e. The van der Waals surface area contributed by atoms with Crippen molar-refractivity contribution in [2.24, 2.45) is 0 Å². The van der Waals surface area contributed by atoms with Gasteiger partial charge in [-0.3, -0.25) is 0 Å². The van der Waals surface area contributed by atoms with Gasteiger partial charge in [-0.15, -0.1) is 0 Å². The third-order valence-corrected chi connectivity index (χ3v) is 4.38. The molecule has 22 heavy (non-hydrogen) atoms. The van der Waals surface area contributed by atoms with Crippen molar-refractivity contribution in [3.8, 4) is 0 Å². The summed E-state index contributed by atoms with van der Waals surface area (Å²) < 4.78 is 0. The van der Waals surface area contributed by atoms with Gasteiger partial charge in [0.25, 0.3) is 0 Å². The number of aromatic nitrogens is 1. The second-order valence-electron chi connectivity index (χ2n) is 5.70. The summed E-state index contributed by atoms with van der Waals surface area (Å²) in [6, 6.07) is 7.34. The van der Waals surface area contributed by atoms with Crippen LogP contribution in [0.1, 0.15) is 36.0 Å². The number of carboxylic acid groups (broad SMARTS) is 1. The molecule has 1 fully saturated rings. The van der Waals surface area contributed by atoms with E-state index in [-0.39, 0.29) is 12.6 Å². The Balaban J connectivity index is 2.10. The van der Waals surface area contributed by atoms with E-state index < -0.39 is 5.97 Å². The average molecular weight is 300 g/mol. The molecule has 1 aromatic carbocycles. The van der Waals surface area contributed by atoms with Gasteiger partial charge in [-0.1, -0.05) is 12.1 Å². The van der Waals surface area contributed by atoms with Crippen molar-refractivity contribution in [2.45, 2.75) is 31.7 Å². The van der Waals surface area contributed by atoms with E-state index in [0.29, 0.717) is 10.9 Å². The van der Waals surface area contributed by atoms with E-state index in [9.17, 15) is 15.0 Å². The van der Waals surface area contributed by atoms with Crippen molar-refractivity contribution >= 4 is 22.6 Å². The number of fused-ring (bicyclic) bond motifs is 1. The lowest BCUT2D eigenvalue weighted by atomic mass is 9.98. The van der Waals surface area contributed by atoms with Crippen molar-refractivity contribution in [3.05, 3.63) is 36.0 Å². The van der Waals surface area contributed by atoms with E-state index >= 15 is 0 Å². The highest BCUT2D eigenvalue weighted by Gasteiger charge is 2.25. The van der Waals surface area contributed by atoms with Crippen LogP contribution >= 0.6 is 0 Å². The highest BCUT2D eigenvalue weighted by Crippen LogP contribution is 2.32. The highest BCUT2D eigenvalue weighted by molar-refractivity contribution is 6.06. The zero-order chi connectivity index (χ0) is 15.5. The lowest BCUT2D eigenvalue weighted by molar-refractivity contribution is 0.0699. The zero-order valence-corrected chi connectivity index (χ0v) is 12.4. The first kappa shape index (κ1) is 14.8. The van der Waals surface area contributed by atoms with E-state index in [1.54, 1.807) is 24.4 Å². The van der Waals surface area contributed by atoms with Crippen LogP contribution in [0.25, 0.3) is 10.8 Å². The lowest BCUT2D eigenvalue weighted by Gasteiger charge is -2.37. The molecule has 116 valence electrons. The number of carbonyl (C=O) groups is 1. The number of aromatic carboxylic acids is 1. The molecule has 0 spiro atoms. The molecule has 0 saturated carbocycles. The molecule has 2 heterocycles. The van der Waals surface area contributed by atoms with Crippen LogP contribution in [0.4, 0.5) is 5.82 Å². The monoisotopic (exact) mass is 300 g/mol. The van der Waals surface area contributed by atoms with Gasteiger partial charge < -0.3 is 15.1 Å². The number of rotatable bonds is 4. The Kier molecular flexibility index (Phi) is 4.24. The zero-order valence-electron chi connectivity index (χ0n) is 12.4. The SMILES string of the molecule is O=C(O)c1cccc2c(N3CCCCC3CCO)nccc12. The molecule has 1 atom stereocenters. The molecule has 0 amide bonds. The lowest BCUT2D eigenvalue weighted by Crippen LogP contribution is -2.40. The fraction of sp³-hybridized carbons (Fsp3) is 0.412. The largest absolute Gasteiger partial charge is 0.478 e. The molecule has 2 N–H and O–H groups in total. The number of aliphatic hydroxyl groups is 1. The maximum atomic E-state index is 11.4. The molecule has 0 radical (unpaired) electrons. The summed E-state index contributed by atoms with van der Waals surface area (Å²) in [6.45, 7) is 1.06. The number of hydrogen-bond donors (Lipinski definition) is 2. The van der Waals surface area contributed by atoms with Gasteiger partial charge in [0.2, 0.25) is 0 Å². The molecule has 3 rings (SSSR count). The van der Waals surface area contributed by atoms with Crippen molar-refractivity contribution in [2.75, 3.05) is 18.1 Å². The van der Waals surface area contributed by atoms with E-state index in [1.165, 1.54) is 0 Å². The topological polar surface area (TPSA) is 73.7 Å². The number of anilines is 1. The van der Waals surface area contributed by atoms with E-state index in [2.05, 4.69) is 9.88 Å². The molecule has 0 bridgehead atoms. The van der Waals surface area contributed by atoms with Crippen LogP contribution in [-0.2, 0) is 0 Å². The number of aliphatic hydroxyl groups excluding tert-OH is 1. The van der Waals surface area contributed by atoms with Crippen LogP contribution in [0.3, 0.4) is 0 Å². The van der Waals surface area contributed by atoms with Crippen LogP contribution in [0.15, 0.2) is 30.5 Å². The van der Waals surface area contributed by atoms with Gasteiger partial charge in [0.1, 0.15) is 5.82 Å². The summed E-state index contributed by atoms with van der Waals surface area (Å²) in [7, 11) is 0. The van der Waals surface area contributed by atoms with Gasteiger partial charge in [-0.25, -0.2) is 9.78 Å². The van der Waals surface area contributed by atoms with Gasteiger partial charge in [0.05, 0.1) is 5.56 Å². The highest BCUT2D eigenvalue weighted by atomic mass is 16.4. The first-order valence-electron chi connectivity index (χ1n) is 7.71. The molecule has 1 aliphatic heterocycles. The Morgan fingerprint density at radius 1 is 1.27 bits per heavy atom. The number of pyridine rings is 1. The first-order valence-corrected chi connectivity index (χ1v) is 7.71. The Morgan fingerprint density at radius 2 is 2.14 bits per heavy atom. The summed E-state index contributed by atoms with van der Waals surface area (Å²) in [5, 5.41) is 20.2. The van der Waals surface area contributed by atoms with Crippen molar-refractivity contribution in [3.63, 3.8) is 0 Å². The standard InChI is InChI=1S/C17H20N2O3/c20-11-8-12-4-1-2-10-19(12)16-14-5-3-6-15(17(21)22)13(14)7-9-18-16/h3,5-7,9,12,20H,1-2,4,8,10-11H2,(H,21,22). The first-order chi connectivity index (χ1) is 10.7. The summed E-state index contributed by atoms with van der Waals surface area (Å²) in [5.74, 6) is -0.0907. The van der Waals surface area contributed by atoms with Gasteiger partial charge in [0, 0.05) is 36.2 Å². The quantitative estimate of drug-likeness (QED) is 0.908. The Labute approximate surface area is 129 Å². The van der Waals surface area contributed by atoms with Crippen molar-refractivity contribution in [1.82, 2.24) is 4.98 Å². The Hall–Kier alpha value is -2.14. The minimum absolute atomic E-state index is 0.159. The van der Waals surface area contributed by atoms with E-state index in [0.717, 1.165) is 43.4 Å². The second-order valence-corrected chi connectivity index (χ2v) is 5.70. The van der Waals surface area contributed by atoms with Crippen LogP contribution < -0.4 is 4.90 Å². The Morgan fingerprint density at radius 3 is 2.91 bits per heavy atom. The number of carboxylic acids is 1. The smallest absolute Gasteiger partial charge is 0.336 e. The molecule has 0 aliphatic carbocycles. The molecule has 1 saturated heterocycles. The number of hydrogen-bond acceptors (Lipinski definition) is 4. The van der Waals surface area contributed by atoms with Gasteiger partial charge in [0.15, 0.2) is 0 Å².